The van der Waals surface area contributed by atoms with E-state index in [1.807, 2.05) is 19.1 Å². The fourth-order valence-electron chi connectivity index (χ4n) is 4.05. The van der Waals surface area contributed by atoms with Crippen molar-refractivity contribution in [2.24, 2.45) is 4.99 Å². The third-order valence-corrected chi connectivity index (χ3v) is 7.70. The molecule has 9 nitrogen and oxygen atoms in total. The Balaban J connectivity index is 1.47. The quantitative estimate of drug-likeness (QED) is 0.369. The lowest BCUT2D eigenvalue weighted by Crippen LogP contribution is -2.46. The number of carbonyl (C=O) groups is 1. The van der Waals surface area contributed by atoms with Crippen LogP contribution in [0.1, 0.15) is 31.0 Å². The molecule has 3 heterocycles. The molecule has 2 aromatic heterocycles. The van der Waals surface area contributed by atoms with Crippen LogP contribution in [-0.2, 0) is 14.8 Å². The average molecular weight is 504 g/mol. The van der Waals surface area contributed by atoms with Crippen molar-refractivity contribution in [3.05, 3.63) is 77.8 Å². The minimum atomic E-state index is -3.99. The number of amides is 1. The number of aromatic nitrogens is 1. The Morgan fingerprint density at radius 2 is 2.17 bits per heavy atom. The van der Waals surface area contributed by atoms with E-state index in [0.717, 1.165) is 5.57 Å². The predicted molar refractivity (Wildman–Crippen MR) is 136 cm³/mol. The number of para-hydroxylation sites is 1. The van der Waals surface area contributed by atoms with Crippen LogP contribution in [0.4, 0.5) is 0 Å². The Kier molecular flexibility index (Phi) is 7.43. The molecular weight excluding hydrogens is 478 g/mol. The summed E-state index contributed by atoms with van der Waals surface area (Å²) in [5.74, 6) is -0.416. The van der Waals surface area contributed by atoms with Crippen LogP contribution in [0.2, 0.25) is 0 Å². The highest BCUT2D eigenvalue weighted by Gasteiger charge is 2.41. The molecule has 1 aliphatic rings. The molecule has 0 radical (unpaired) electrons. The van der Waals surface area contributed by atoms with Gasteiger partial charge in [-0.15, -0.1) is 0 Å². The van der Waals surface area contributed by atoms with Crippen LogP contribution in [0, 0.1) is 11.3 Å². The number of furan rings is 1. The summed E-state index contributed by atoms with van der Waals surface area (Å²) in [4.78, 5) is 21.3. The summed E-state index contributed by atoms with van der Waals surface area (Å²) in [5.41, 5.74) is 2.78. The third kappa shape index (κ3) is 5.12. The summed E-state index contributed by atoms with van der Waals surface area (Å²) in [7, 11) is -3.99. The molecular formula is C26H25N5O4S. The van der Waals surface area contributed by atoms with Gasteiger partial charge in [0.1, 0.15) is 17.7 Å². The van der Waals surface area contributed by atoms with Gasteiger partial charge >= 0.3 is 0 Å². The molecule has 10 heteroatoms. The van der Waals surface area contributed by atoms with Crippen LogP contribution in [0.25, 0.3) is 16.5 Å². The van der Waals surface area contributed by atoms with Crippen LogP contribution in [-0.4, -0.2) is 49.5 Å². The second kappa shape index (κ2) is 10.7. The number of rotatable bonds is 8. The molecule has 0 unspecified atom stereocenters. The molecule has 184 valence electrons. The molecule has 1 saturated heterocycles. The Hall–Kier alpha value is -4.07. The van der Waals surface area contributed by atoms with Crippen molar-refractivity contribution in [1.82, 2.24) is 14.6 Å². The largest absolute Gasteiger partial charge is 0.443 e. The van der Waals surface area contributed by atoms with Crippen molar-refractivity contribution in [1.29, 1.82) is 5.26 Å². The topological polar surface area (TPSA) is 129 Å². The van der Waals surface area contributed by atoms with Crippen molar-refractivity contribution in [2.45, 2.75) is 30.9 Å². The highest BCUT2D eigenvalue weighted by molar-refractivity contribution is 7.89. The highest BCUT2D eigenvalue weighted by atomic mass is 32.2. The van der Waals surface area contributed by atoms with E-state index in [1.54, 1.807) is 42.5 Å². The molecule has 0 aliphatic carbocycles. The van der Waals surface area contributed by atoms with Gasteiger partial charge in [-0.25, -0.2) is 8.42 Å². The van der Waals surface area contributed by atoms with Gasteiger partial charge in [0.15, 0.2) is 0 Å². The number of benzene rings is 1. The van der Waals surface area contributed by atoms with Crippen LogP contribution in [0.15, 0.2) is 81.0 Å². The lowest BCUT2D eigenvalue weighted by molar-refractivity contribution is -0.124. The van der Waals surface area contributed by atoms with Crippen LogP contribution in [0.5, 0.6) is 0 Å². The van der Waals surface area contributed by atoms with Gasteiger partial charge in [-0.1, -0.05) is 24.3 Å². The highest BCUT2D eigenvalue weighted by Crippen LogP contribution is 2.30. The second-order valence-corrected chi connectivity index (χ2v) is 10.00. The van der Waals surface area contributed by atoms with Crippen molar-refractivity contribution in [3.63, 3.8) is 0 Å². The number of allylic oxidation sites excluding steroid dienone is 3. The maximum Gasteiger partial charge on any atom is 0.277 e. The molecule has 0 saturated carbocycles. The molecule has 4 rings (SSSR count). The Morgan fingerprint density at radius 1 is 1.36 bits per heavy atom. The zero-order valence-electron chi connectivity index (χ0n) is 19.7. The van der Waals surface area contributed by atoms with E-state index in [2.05, 4.69) is 22.0 Å². The van der Waals surface area contributed by atoms with E-state index in [1.165, 1.54) is 16.6 Å². The Labute approximate surface area is 209 Å². The molecule has 1 fully saturated rings. The molecule has 0 spiro atoms. The minimum absolute atomic E-state index is 0.0605. The maximum atomic E-state index is 13.3. The number of nitriles is 1. The first-order valence-corrected chi connectivity index (χ1v) is 12.8. The monoisotopic (exact) mass is 503 g/mol. The summed E-state index contributed by atoms with van der Waals surface area (Å²) in [6, 6.07) is 13.1. The molecule has 36 heavy (non-hydrogen) atoms. The fourth-order valence-corrected chi connectivity index (χ4v) is 5.66. The van der Waals surface area contributed by atoms with Crippen molar-refractivity contribution in [3.8, 4) is 6.07 Å². The predicted octanol–water partition coefficient (Wildman–Crippen LogP) is 3.66. The van der Waals surface area contributed by atoms with Gasteiger partial charge in [0.2, 0.25) is 11.0 Å². The number of carbonyl (C=O) groups excluding carboxylic acids is 1. The van der Waals surface area contributed by atoms with Crippen molar-refractivity contribution >= 4 is 39.2 Å². The first-order chi connectivity index (χ1) is 17.4. The number of fused-ring (bicyclic) bond motifs is 1. The van der Waals surface area contributed by atoms with Crippen LogP contribution >= 0.6 is 0 Å². The number of nitrogens with one attached hydrogen (secondary N) is 1. The van der Waals surface area contributed by atoms with Crippen molar-refractivity contribution < 1.29 is 17.6 Å². The van der Waals surface area contributed by atoms with E-state index in [0.29, 0.717) is 40.8 Å². The lowest BCUT2D eigenvalue weighted by atomic mass is 10.1. The van der Waals surface area contributed by atoms with Crippen LogP contribution in [0.3, 0.4) is 0 Å². The molecule has 1 atom stereocenters. The summed E-state index contributed by atoms with van der Waals surface area (Å²) in [6.45, 7) is 5.71. The lowest BCUT2D eigenvalue weighted by Gasteiger charge is -2.22. The van der Waals surface area contributed by atoms with E-state index >= 15 is 0 Å². The smallest absolute Gasteiger partial charge is 0.277 e. The number of sulfonamides is 1. The van der Waals surface area contributed by atoms with Gasteiger partial charge in [-0.2, -0.15) is 9.57 Å². The van der Waals surface area contributed by atoms with Gasteiger partial charge in [-0.3, -0.25) is 14.8 Å². The summed E-state index contributed by atoms with van der Waals surface area (Å²) in [6.07, 6.45) is 6.01. The first kappa shape index (κ1) is 25.0. The van der Waals surface area contributed by atoms with E-state index < -0.39 is 22.0 Å². The fraction of sp³-hybridized carbons (Fsp3) is 0.231. The molecule has 1 N–H and O–H groups in total. The minimum Gasteiger partial charge on any atom is -0.443 e. The van der Waals surface area contributed by atoms with Gasteiger partial charge in [0.25, 0.3) is 10.0 Å². The SMILES string of the molecule is C=N/C(=C\C(=C/C)c1ccc(C#N)cn1)CNC(=O)[C@@H]1CCCN1S(=O)(=O)c1cc2ccccc2o1. The number of hydrogen-bond donors (Lipinski definition) is 1. The number of hydrogen-bond acceptors (Lipinski definition) is 7. The Morgan fingerprint density at radius 3 is 2.83 bits per heavy atom. The molecule has 1 amide bonds. The maximum absolute atomic E-state index is 13.3. The molecule has 1 aromatic carbocycles. The Bertz CT molecular complexity index is 1460. The van der Waals surface area contributed by atoms with Crippen molar-refractivity contribution in [2.75, 3.05) is 13.1 Å². The summed E-state index contributed by atoms with van der Waals surface area (Å²) >= 11 is 0. The molecule has 3 aromatic rings. The summed E-state index contributed by atoms with van der Waals surface area (Å²) in [5, 5.41) is 12.3. The third-order valence-electron chi connectivity index (χ3n) is 5.94. The van der Waals surface area contributed by atoms with Gasteiger partial charge in [0.05, 0.1) is 23.5 Å². The van der Waals surface area contributed by atoms with Crippen LogP contribution < -0.4 is 5.32 Å². The number of aliphatic imine (C=N–C) groups is 1. The average Bonchev–Trinajstić information content (AvgIpc) is 3.57. The second-order valence-electron chi connectivity index (χ2n) is 8.18. The van der Waals surface area contributed by atoms with Gasteiger partial charge in [0, 0.05) is 24.2 Å². The molecule has 0 bridgehead atoms. The zero-order chi connectivity index (χ0) is 25.7. The van der Waals surface area contributed by atoms with E-state index in [4.69, 9.17) is 9.68 Å². The zero-order valence-corrected chi connectivity index (χ0v) is 20.5. The van der Waals surface area contributed by atoms with E-state index in [9.17, 15) is 13.2 Å². The van der Waals surface area contributed by atoms with E-state index in [-0.39, 0.29) is 18.2 Å². The standard InChI is InChI=1S/C26H25N5O4S/c1-3-19(22-11-10-18(15-27)16-29-22)13-21(28-2)17-30-26(32)23-8-6-12-31(23)36(33,34)25-14-20-7-4-5-9-24(20)35-25/h3-5,7,9-11,13-14,16,23H,2,6,8,12,17H2,1H3,(H,30,32)/b19-3+,21-13-/t23-/m0/s1. The molecule has 1 aliphatic heterocycles. The van der Waals surface area contributed by atoms with Gasteiger partial charge < -0.3 is 9.73 Å². The first-order valence-electron chi connectivity index (χ1n) is 11.4. The summed E-state index contributed by atoms with van der Waals surface area (Å²) < 4.78 is 33.3. The van der Waals surface area contributed by atoms with Gasteiger partial charge in [-0.05, 0) is 56.3 Å². The number of pyridine rings is 1. The normalized spacial score (nSPS) is 17.2. The number of nitrogens with zero attached hydrogens (tertiary/aromatic N) is 4.